The van der Waals surface area contributed by atoms with Crippen LogP contribution in [0.3, 0.4) is 0 Å². The van der Waals surface area contributed by atoms with Crippen LogP contribution in [0.25, 0.3) is 11.0 Å². The van der Waals surface area contributed by atoms with E-state index in [1.807, 2.05) is 0 Å². The van der Waals surface area contributed by atoms with Gasteiger partial charge in [0.1, 0.15) is 6.10 Å². The van der Waals surface area contributed by atoms with E-state index in [9.17, 15) is 9.90 Å². The first kappa shape index (κ1) is 12.2. The lowest BCUT2D eigenvalue weighted by atomic mass is 10.2. The summed E-state index contributed by atoms with van der Waals surface area (Å²) in [4.78, 5) is 18.2. The van der Waals surface area contributed by atoms with Crippen molar-refractivity contribution in [3.05, 3.63) is 22.6 Å². The number of ether oxygens (including phenoxy) is 1. The van der Waals surface area contributed by atoms with Gasteiger partial charge in [0.2, 0.25) is 5.95 Å². The molecule has 0 amide bonds. The second-order valence-corrected chi connectivity index (χ2v) is 4.55. The minimum atomic E-state index is -0.768. The van der Waals surface area contributed by atoms with Gasteiger partial charge in [-0.2, -0.15) is 4.98 Å². The Hall–Kier alpha value is -1.90. The van der Waals surface area contributed by atoms with E-state index in [-0.39, 0.29) is 18.1 Å². The molecule has 0 bridgehead atoms. The minimum Gasteiger partial charge on any atom is -0.394 e. The van der Waals surface area contributed by atoms with Crippen molar-refractivity contribution in [2.45, 2.75) is 24.9 Å². The molecule has 3 rings (SSSR count). The topological polar surface area (TPSA) is 126 Å². The molecule has 0 radical (unpaired) electrons. The highest BCUT2D eigenvalue weighted by Gasteiger charge is 2.35. The molecule has 3 heterocycles. The van der Waals surface area contributed by atoms with Gasteiger partial charge in [0.25, 0.3) is 5.56 Å². The largest absolute Gasteiger partial charge is 0.394 e. The predicted octanol–water partition coefficient (Wildman–Crippen LogP) is -1.05. The Morgan fingerprint density at radius 3 is 3.11 bits per heavy atom. The van der Waals surface area contributed by atoms with Gasteiger partial charge >= 0.3 is 0 Å². The number of fused-ring (bicyclic) bond motifs is 1. The van der Waals surface area contributed by atoms with Gasteiger partial charge in [0, 0.05) is 12.6 Å². The monoisotopic (exact) mass is 266 g/mol. The molecule has 19 heavy (non-hydrogen) atoms. The highest BCUT2D eigenvalue weighted by molar-refractivity contribution is 5.76. The zero-order valence-corrected chi connectivity index (χ0v) is 9.98. The van der Waals surface area contributed by atoms with E-state index in [0.29, 0.717) is 17.5 Å². The highest BCUT2D eigenvalue weighted by Crippen LogP contribution is 2.30. The van der Waals surface area contributed by atoms with Crippen molar-refractivity contribution in [2.24, 2.45) is 0 Å². The SMILES string of the molecule is Nc1nc2c(ccn2C2O[C@H](CO)C[C@H]2O)c(=O)[nH]1. The highest BCUT2D eigenvalue weighted by atomic mass is 16.5. The molecule has 8 nitrogen and oxygen atoms in total. The Balaban J connectivity index is 2.09. The Kier molecular flexibility index (Phi) is 2.77. The fourth-order valence-electron chi connectivity index (χ4n) is 2.36. The summed E-state index contributed by atoms with van der Waals surface area (Å²) in [6, 6.07) is 1.59. The lowest BCUT2D eigenvalue weighted by Crippen LogP contribution is -2.20. The molecule has 0 aromatic carbocycles. The second kappa shape index (κ2) is 4.34. The normalized spacial score (nSPS) is 27.2. The maximum absolute atomic E-state index is 11.7. The molecule has 8 heteroatoms. The number of aromatic amines is 1. The number of aromatic nitrogens is 3. The summed E-state index contributed by atoms with van der Waals surface area (Å²) < 4.78 is 7.08. The zero-order valence-electron chi connectivity index (χ0n) is 9.98. The van der Waals surface area contributed by atoms with E-state index < -0.39 is 18.4 Å². The van der Waals surface area contributed by atoms with Crippen LogP contribution in [0.1, 0.15) is 12.6 Å². The van der Waals surface area contributed by atoms with Gasteiger partial charge in [-0.15, -0.1) is 0 Å². The number of nitrogens with one attached hydrogen (secondary N) is 1. The molecule has 102 valence electrons. The number of anilines is 1. The first-order valence-corrected chi connectivity index (χ1v) is 5.91. The summed E-state index contributed by atoms with van der Waals surface area (Å²) in [6.45, 7) is -0.164. The lowest BCUT2D eigenvalue weighted by molar-refractivity contribution is -0.0484. The van der Waals surface area contributed by atoms with Crippen LogP contribution in [0.2, 0.25) is 0 Å². The van der Waals surface area contributed by atoms with Crippen LogP contribution in [0.4, 0.5) is 5.95 Å². The van der Waals surface area contributed by atoms with Crippen molar-refractivity contribution in [3.63, 3.8) is 0 Å². The third-order valence-electron chi connectivity index (χ3n) is 3.24. The zero-order chi connectivity index (χ0) is 13.6. The molecule has 5 N–H and O–H groups in total. The van der Waals surface area contributed by atoms with Gasteiger partial charge in [-0.3, -0.25) is 9.78 Å². The molecule has 1 fully saturated rings. The Labute approximate surface area is 107 Å². The van der Waals surface area contributed by atoms with Crippen LogP contribution in [0.15, 0.2) is 17.1 Å². The molecular formula is C11H14N4O4. The summed E-state index contributed by atoms with van der Waals surface area (Å²) >= 11 is 0. The Morgan fingerprint density at radius 1 is 1.63 bits per heavy atom. The number of H-pyrrole nitrogens is 1. The van der Waals surface area contributed by atoms with Gasteiger partial charge in [0.05, 0.1) is 18.1 Å². The van der Waals surface area contributed by atoms with Gasteiger partial charge in [-0.05, 0) is 6.07 Å². The third-order valence-corrected chi connectivity index (χ3v) is 3.24. The van der Waals surface area contributed by atoms with Gasteiger partial charge in [0.15, 0.2) is 11.9 Å². The molecular weight excluding hydrogens is 252 g/mol. The molecule has 0 spiro atoms. The molecule has 2 aromatic rings. The van der Waals surface area contributed by atoms with E-state index >= 15 is 0 Å². The first-order valence-electron chi connectivity index (χ1n) is 5.91. The molecule has 3 atom stereocenters. The van der Waals surface area contributed by atoms with Crippen LogP contribution in [-0.4, -0.2) is 43.6 Å². The molecule has 1 aliphatic rings. The average Bonchev–Trinajstić information content (AvgIpc) is 2.92. The molecule has 1 unspecified atom stereocenters. The third kappa shape index (κ3) is 1.89. The van der Waals surface area contributed by atoms with Crippen molar-refractivity contribution >= 4 is 17.0 Å². The van der Waals surface area contributed by atoms with Crippen LogP contribution >= 0.6 is 0 Å². The van der Waals surface area contributed by atoms with E-state index in [2.05, 4.69) is 9.97 Å². The maximum atomic E-state index is 11.7. The predicted molar refractivity (Wildman–Crippen MR) is 66.4 cm³/mol. The summed E-state index contributed by atoms with van der Waals surface area (Å²) in [5.41, 5.74) is 5.53. The second-order valence-electron chi connectivity index (χ2n) is 4.55. The van der Waals surface area contributed by atoms with Crippen molar-refractivity contribution in [1.82, 2.24) is 14.5 Å². The summed E-state index contributed by atoms with van der Waals surface area (Å²) in [5.74, 6) is 0.00337. The van der Waals surface area contributed by atoms with Crippen LogP contribution in [-0.2, 0) is 4.74 Å². The number of hydrogen-bond acceptors (Lipinski definition) is 6. The van der Waals surface area contributed by atoms with Crippen molar-refractivity contribution in [1.29, 1.82) is 0 Å². The van der Waals surface area contributed by atoms with Gasteiger partial charge < -0.3 is 25.3 Å². The number of nitrogens with two attached hydrogens (primary N) is 1. The maximum Gasteiger partial charge on any atom is 0.261 e. The van der Waals surface area contributed by atoms with Crippen LogP contribution in [0, 0.1) is 0 Å². The van der Waals surface area contributed by atoms with Crippen molar-refractivity contribution < 1.29 is 14.9 Å². The summed E-state index contributed by atoms with van der Waals surface area (Å²) in [5, 5.41) is 19.4. The lowest BCUT2D eigenvalue weighted by Gasteiger charge is -2.17. The van der Waals surface area contributed by atoms with Crippen molar-refractivity contribution in [3.8, 4) is 0 Å². The van der Waals surface area contributed by atoms with Crippen LogP contribution in [0.5, 0.6) is 0 Å². The Bertz CT molecular complexity index is 664. The number of hydrogen-bond donors (Lipinski definition) is 4. The molecule has 0 aliphatic carbocycles. The average molecular weight is 266 g/mol. The van der Waals surface area contributed by atoms with Crippen molar-refractivity contribution in [2.75, 3.05) is 12.3 Å². The smallest absolute Gasteiger partial charge is 0.261 e. The first-order chi connectivity index (χ1) is 9.10. The standard InChI is InChI=1S/C11H14N4O4/c12-11-13-8-6(9(18)14-11)1-2-15(8)10-7(17)3-5(4-16)19-10/h1-2,5,7,10,16-17H,3-4H2,(H3,12,13,14,18)/t5-,7+,10?/m0/s1. The molecule has 2 aromatic heterocycles. The number of aliphatic hydroxyl groups is 2. The molecule has 1 aliphatic heterocycles. The fourth-order valence-corrected chi connectivity index (χ4v) is 2.36. The molecule has 0 saturated carbocycles. The van der Waals surface area contributed by atoms with E-state index in [4.69, 9.17) is 15.6 Å². The minimum absolute atomic E-state index is 0.00337. The summed E-state index contributed by atoms with van der Waals surface area (Å²) in [7, 11) is 0. The number of nitrogens with zero attached hydrogens (tertiary/aromatic N) is 2. The number of nitrogen functional groups attached to an aromatic ring is 1. The summed E-state index contributed by atoms with van der Waals surface area (Å²) in [6.07, 6.45) is 0.0784. The van der Waals surface area contributed by atoms with E-state index in [1.165, 1.54) is 0 Å². The van der Waals surface area contributed by atoms with E-state index in [1.54, 1.807) is 16.8 Å². The quantitative estimate of drug-likeness (QED) is 0.549. The number of aliphatic hydroxyl groups excluding tert-OH is 2. The van der Waals surface area contributed by atoms with Gasteiger partial charge in [-0.1, -0.05) is 0 Å². The fraction of sp³-hybridized carbons (Fsp3) is 0.455. The Morgan fingerprint density at radius 2 is 2.42 bits per heavy atom. The number of rotatable bonds is 2. The van der Waals surface area contributed by atoms with E-state index in [0.717, 1.165) is 0 Å². The van der Waals surface area contributed by atoms with Gasteiger partial charge in [-0.25, -0.2) is 0 Å². The molecule has 1 saturated heterocycles. The van der Waals surface area contributed by atoms with Crippen LogP contribution < -0.4 is 11.3 Å².